The van der Waals surface area contributed by atoms with Crippen LogP contribution in [0.15, 0.2) is 29.3 Å². The van der Waals surface area contributed by atoms with Gasteiger partial charge < -0.3 is 15.4 Å². The van der Waals surface area contributed by atoms with Gasteiger partial charge in [0.2, 0.25) is 0 Å². The van der Waals surface area contributed by atoms with Crippen LogP contribution in [0.5, 0.6) is 0 Å². The van der Waals surface area contributed by atoms with E-state index in [0.717, 1.165) is 58.4 Å². The second kappa shape index (κ2) is 12.0. The SMILES string of the molecule is CCNC(=NCc1ccc(CN2CCCCC2)cc1)NCCN1CCOCC1. The van der Waals surface area contributed by atoms with Gasteiger partial charge in [-0.2, -0.15) is 0 Å². The van der Waals surface area contributed by atoms with Gasteiger partial charge in [0.15, 0.2) is 5.96 Å². The van der Waals surface area contributed by atoms with Gasteiger partial charge in [-0.25, -0.2) is 4.99 Å². The minimum absolute atomic E-state index is 0.705. The molecular weight excluding hydrogens is 350 g/mol. The molecule has 2 saturated heterocycles. The van der Waals surface area contributed by atoms with Gasteiger partial charge in [-0.1, -0.05) is 30.7 Å². The topological polar surface area (TPSA) is 52.1 Å². The molecule has 3 rings (SSSR count). The van der Waals surface area contributed by atoms with Crippen molar-refractivity contribution >= 4 is 5.96 Å². The molecule has 0 bridgehead atoms. The standard InChI is InChI=1S/C22H37N5O/c1-2-23-22(24-10-13-26-14-16-28-17-15-26)25-18-20-6-8-21(9-7-20)19-27-11-4-3-5-12-27/h6-9H,2-5,10-19H2,1H3,(H2,23,24,25). The van der Waals surface area contributed by atoms with Crippen molar-refractivity contribution in [3.05, 3.63) is 35.4 Å². The highest BCUT2D eigenvalue weighted by molar-refractivity contribution is 5.79. The van der Waals surface area contributed by atoms with E-state index in [4.69, 9.17) is 9.73 Å². The molecule has 0 aromatic heterocycles. The van der Waals surface area contributed by atoms with E-state index in [1.165, 1.54) is 43.5 Å². The first kappa shape index (κ1) is 21.1. The van der Waals surface area contributed by atoms with E-state index in [1.54, 1.807) is 0 Å². The first-order valence-electron chi connectivity index (χ1n) is 11.0. The van der Waals surface area contributed by atoms with Gasteiger partial charge in [-0.3, -0.25) is 9.80 Å². The molecule has 6 nitrogen and oxygen atoms in total. The number of benzene rings is 1. The lowest BCUT2D eigenvalue weighted by molar-refractivity contribution is 0.0389. The van der Waals surface area contributed by atoms with Crippen molar-refractivity contribution in [2.24, 2.45) is 4.99 Å². The van der Waals surface area contributed by atoms with Crippen molar-refractivity contribution in [1.82, 2.24) is 20.4 Å². The lowest BCUT2D eigenvalue weighted by Crippen LogP contribution is -2.44. The highest BCUT2D eigenvalue weighted by Gasteiger charge is 2.11. The molecule has 28 heavy (non-hydrogen) atoms. The molecule has 2 fully saturated rings. The zero-order valence-electron chi connectivity index (χ0n) is 17.5. The molecule has 156 valence electrons. The van der Waals surface area contributed by atoms with E-state index in [2.05, 4.69) is 51.6 Å². The van der Waals surface area contributed by atoms with Crippen LogP contribution in [0.4, 0.5) is 0 Å². The number of likely N-dealkylation sites (tertiary alicyclic amines) is 1. The number of rotatable bonds is 8. The van der Waals surface area contributed by atoms with Gasteiger partial charge in [-0.05, 0) is 44.0 Å². The van der Waals surface area contributed by atoms with E-state index >= 15 is 0 Å². The highest BCUT2D eigenvalue weighted by Crippen LogP contribution is 2.14. The molecular formula is C22H37N5O. The minimum Gasteiger partial charge on any atom is -0.379 e. The number of aliphatic imine (C=N–C) groups is 1. The van der Waals surface area contributed by atoms with Crippen molar-refractivity contribution in [2.75, 3.05) is 59.0 Å². The molecule has 0 spiro atoms. The Labute approximate surface area is 170 Å². The Morgan fingerprint density at radius 2 is 1.64 bits per heavy atom. The second-order valence-electron chi connectivity index (χ2n) is 7.73. The Bertz CT molecular complexity index is 577. The van der Waals surface area contributed by atoms with E-state index in [0.29, 0.717) is 6.54 Å². The van der Waals surface area contributed by atoms with Gasteiger partial charge in [0.05, 0.1) is 19.8 Å². The maximum absolute atomic E-state index is 5.40. The molecule has 2 aliphatic rings. The molecule has 0 aliphatic carbocycles. The fourth-order valence-corrected chi connectivity index (χ4v) is 3.80. The maximum atomic E-state index is 5.40. The third-order valence-electron chi connectivity index (χ3n) is 5.47. The van der Waals surface area contributed by atoms with Crippen LogP contribution in [0.3, 0.4) is 0 Å². The summed E-state index contributed by atoms with van der Waals surface area (Å²) in [6.45, 7) is 12.9. The molecule has 2 heterocycles. The molecule has 6 heteroatoms. The number of piperidine rings is 1. The Morgan fingerprint density at radius 1 is 0.929 bits per heavy atom. The molecule has 0 saturated carbocycles. The zero-order valence-corrected chi connectivity index (χ0v) is 17.5. The molecule has 1 aromatic carbocycles. The summed E-state index contributed by atoms with van der Waals surface area (Å²) in [5, 5.41) is 6.80. The normalized spacial score (nSPS) is 19.5. The van der Waals surface area contributed by atoms with Crippen LogP contribution in [0.25, 0.3) is 0 Å². The predicted octanol–water partition coefficient (Wildman–Crippen LogP) is 2.06. The Hall–Kier alpha value is -1.63. The number of nitrogens with one attached hydrogen (secondary N) is 2. The summed E-state index contributed by atoms with van der Waals surface area (Å²) < 4.78 is 5.40. The van der Waals surface area contributed by atoms with E-state index < -0.39 is 0 Å². The van der Waals surface area contributed by atoms with E-state index in [-0.39, 0.29) is 0 Å². The first-order chi connectivity index (χ1) is 13.8. The Kier molecular flexibility index (Phi) is 9.07. The lowest BCUT2D eigenvalue weighted by atomic mass is 10.1. The minimum atomic E-state index is 0.705. The van der Waals surface area contributed by atoms with Crippen molar-refractivity contribution in [3.8, 4) is 0 Å². The van der Waals surface area contributed by atoms with E-state index in [9.17, 15) is 0 Å². The number of nitrogens with zero attached hydrogens (tertiary/aromatic N) is 3. The molecule has 0 amide bonds. The fraction of sp³-hybridized carbons (Fsp3) is 0.682. The average Bonchev–Trinajstić information content (AvgIpc) is 2.74. The smallest absolute Gasteiger partial charge is 0.191 e. The Morgan fingerprint density at radius 3 is 2.36 bits per heavy atom. The summed E-state index contributed by atoms with van der Waals surface area (Å²) in [6.07, 6.45) is 4.08. The lowest BCUT2D eigenvalue weighted by Gasteiger charge is -2.26. The van der Waals surface area contributed by atoms with E-state index in [1.807, 2.05) is 0 Å². The summed E-state index contributed by atoms with van der Waals surface area (Å²) in [4.78, 5) is 9.75. The number of ether oxygens (including phenoxy) is 1. The van der Waals surface area contributed by atoms with Gasteiger partial charge in [-0.15, -0.1) is 0 Å². The molecule has 0 unspecified atom stereocenters. The van der Waals surface area contributed by atoms with Gasteiger partial charge in [0.25, 0.3) is 0 Å². The Balaban J connectivity index is 1.43. The fourth-order valence-electron chi connectivity index (χ4n) is 3.80. The van der Waals surface area contributed by atoms with Crippen LogP contribution >= 0.6 is 0 Å². The number of hydrogen-bond acceptors (Lipinski definition) is 4. The van der Waals surface area contributed by atoms with Crippen molar-refractivity contribution in [2.45, 2.75) is 39.3 Å². The molecule has 0 radical (unpaired) electrons. The summed E-state index contributed by atoms with van der Waals surface area (Å²) in [5.41, 5.74) is 2.66. The third kappa shape index (κ3) is 7.41. The third-order valence-corrected chi connectivity index (χ3v) is 5.47. The zero-order chi connectivity index (χ0) is 19.4. The van der Waals surface area contributed by atoms with Crippen molar-refractivity contribution in [1.29, 1.82) is 0 Å². The monoisotopic (exact) mass is 387 g/mol. The van der Waals surface area contributed by atoms with Crippen molar-refractivity contribution < 1.29 is 4.74 Å². The summed E-state index contributed by atoms with van der Waals surface area (Å²) in [6, 6.07) is 8.97. The summed E-state index contributed by atoms with van der Waals surface area (Å²) >= 11 is 0. The molecule has 0 atom stereocenters. The predicted molar refractivity (Wildman–Crippen MR) is 116 cm³/mol. The number of morpholine rings is 1. The van der Waals surface area contributed by atoms with Crippen molar-refractivity contribution in [3.63, 3.8) is 0 Å². The maximum Gasteiger partial charge on any atom is 0.191 e. The summed E-state index contributed by atoms with van der Waals surface area (Å²) in [5.74, 6) is 0.896. The van der Waals surface area contributed by atoms with Gasteiger partial charge in [0, 0.05) is 39.3 Å². The summed E-state index contributed by atoms with van der Waals surface area (Å²) in [7, 11) is 0. The quantitative estimate of drug-likeness (QED) is 0.528. The molecule has 1 aromatic rings. The number of guanidine groups is 1. The molecule has 2 aliphatic heterocycles. The molecule has 2 N–H and O–H groups in total. The van der Waals surface area contributed by atoms with Gasteiger partial charge >= 0.3 is 0 Å². The van der Waals surface area contributed by atoms with Crippen LogP contribution < -0.4 is 10.6 Å². The van der Waals surface area contributed by atoms with Crippen LogP contribution in [0.2, 0.25) is 0 Å². The average molecular weight is 388 g/mol. The highest BCUT2D eigenvalue weighted by atomic mass is 16.5. The largest absolute Gasteiger partial charge is 0.379 e. The first-order valence-corrected chi connectivity index (χ1v) is 11.0. The van der Waals surface area contributed by atoms with Crippen LogP contribution in [-0.2, 0) is 17.8 Å². The second-order valence-corrected chi connectivity index (χ2v) is 7.73. The van der Waals surface area contributed by atoms with Crippen LogP contribution in [0.1, 0.15) is 37.3 Å². The van der Waals surface area contributed by atoms with Crippen LogP contribution in [0, 0.1) is 0 Å². The van der Waals surface area contributed by atoms with Gasteiger partial charge in [0.1, 0.15) is 0 Å². The van der Waals surface area contributed by atoms with Crippen LogP contribution in [-0.4, -0.2) is 74.8 Å². The number of hydrogen-bond donors (Lipinski definition) is 2.